The van der Waals surface area contributed by atoms with Crippen LogP contribution in [0.25, 0.3) is 0 Å². The summed E-state index contributed by atoms with van der Waals surface area (Å²) in [4.78, 5) is 41.7. The summed E-state index contributed by atoms with van der Waals surface area (Å²) >= 11 is 0. The molecule has 0 radical (unpaired) electrons. The van der Waals surface area contributed by atoms with Gasteiger partial charge in [-0.25, -0.2) is 0 Å². The lowest BCUT2D eigenvalue weighted by atomic mass is 9.69. The third-order valence-electron chi connectivity index (χ3n) is 7.51. The van der Waals surface area contributed by atoms with Crippen molar-refractivity contribution in [3.8, 4) is 11.5 Å². The van der Waals surface area contributed by atoms with Crippen molar-refractivity contribution in [3.05, 3.63) is 35.5 Å². The maximum absolute atomic E-state index is 13.8. The van der Waals surface area contributed by atoms with Gasteiger partial charge < -0.3 is 24.4 Å². The Hall–Kier alpha value is -3.03. The predicted molar refractivity (Wildman–Crippen MR) is 141 cm³/mol. The highest BCUT2D eigenvalue weighted by Gasteiger charge is 2.53. The SMILES string of the molecule is COC(=O)[C@]12CCCCC=C1N(CCc1ccc(OC)c(OC)c1)C(=O)[C@H](CC(=O)NCCC(C)C)C2. The van der Waals surface area contributed by atoms with Crippen molar-refractivity contribution < 1.29 is 28.6 Å². The van der Waals surface area contributed by atoms with Crippen LogP contribution in [0.1, 0.15) is 64.4 Å². The van der Waals surface area contributed by atoms with Gasteiger partial charge in [-0.2, -0.15) is 0 Å². The zero-order valence-electron chi connectivity index (χ0n) is 22.9. The monoisotopic (exact) mass is 514 g/mol. The molecule has 1 fully saturated rings. The normalized spacial score (nSPS) is 21.6. The van der Waals surface area contributed by atoms with E-state index in [1.54, 1.807) is 19.1 Å². The smallest absolute Gasteiger partial charge is 0.317 e. The first-order valence-corrected chi connectivity index (χ1v) is 13.3. The van der Waals surface area contributed by atoms with Crippen LogP contribution in [0.2, 0.25) is 0 Å². The maximum atomic E-state index is 13.8. The fraction of sp³-hybridized carbons (Fsp3) is 0.621. The molecule has 0 bridgehead atoms. The maximum Gasteiger partial charge on any atom is 0.317 e. The van der Waals surface area contributed by atoms with Gasteiger partial charge in [0, 0.05) is 31.1 Å². The standard InChI is InChI=1S/C29H42N2O6/c1-20(2)12-15-30-26(32)18-22-19-29(28(34)37-5)14-8-6-7-9-25(29)31(27(22)33)16-13-21-10-11-23(35-3)24(17-21)36-4/h9-11,17,20,22H,6-8,12-16,18-19H2,1-5H3,(H,30,32)/t22-,29+/m1/s1. The van der Waals surface area contributed by atoms with Gasteiger partial charge in [0.2, 0.25) is 11.8 Å². The number of rotatable bonds is 11. The number of allylic oxidation sites excluding steroid dienone is 1. The molecule has 3 rings (SSSR count). The van der Waals surface area contributed by atoms with Gasteiger partial charge in [0.1, 0.15) is 5.41 Å². The van der Waals surface area contributed by atoms with Crippen molar-refractivity contribution in [1.82, 2.24) is 10.2 Å². The van der Waals surface area contributed by atoms with E-state index in [1.165, 1.54) is 7.11 Å². The molecule has 2 aliphatic rings. The summed E-state index contributed by atoms with van der Waals surface area (Å²) < 4.78 is 16.1. The van der Waals surface area contributed by atoms with Crippen molar-refractivity contribution in [2.75, 3.05) is 34.4 Å². The first-order chi connectivity index (χ1) is 17.7. The fourth-order valence-corrected chi connectivity index (χ4v) is 5.50. The van der Waals surface area contributed by atoms with Crippen molar-refractivity contribution in [2.24, 2.45) is 17.3 Å². The fourth-order valence-electron chi connectivity index (χ4n) is 5.50. The van der Waals surface area contributed by atoms with Crippen LogP contribution in [-0.2, 0) is 25.5 Å². The Morgan fingerprint density at radius 1 is 1.14 bits per heavy atom. The van der Waals surface area contributed by atoms with Crippen LogP contribution in [0.5, 0.6) is 11.5 Å². The quantitative estimate of drug-likeness (QED) is 0.444. The number of methoxy groups -OCH3 is 3. The number of hydrogen-bond donors (Lipinski definition) is 1. The zero-order chi connectivity index (χ0) is 27.0. The second kappa shape index (κ2) is 13.0. The molecular formula is C29H42N2O6. The van der Waals surface area contributed by atoms with Gasteiger partial charge in [0.25, 0.3) is 0 Å². The third-order valence-corrected chi connectivity index (χ3v) is 7.51. The minimum absolute atomic E-state index is 0.0653. The molecule has 0 saturated carbocycles. The van der Waals surface area contributed by atoms with Gasteiger partial charge in [-0.1, -0.05) is 32.4 Å². The molecule has 0 unspecified atom stereocenters. The lowest BCUT2D eigenvalue weighted by Gasteiger charge is -2.46. The summed E-state index contributed by atoms with van der Waals surface area (Å²) in [7, 11) is 4.58. The minimum Gasteiger partial charge on any atom is -0.493 e. The van der Waals surface area contributed by atoms with E-state index in [0.717, 1.165) is 36.9 Å². The van der Waals surface area contributed by atoms with Crippen molar-refractivity contribution in [3.63, 3.8) is 0 Å². The van der Waals surface area contributed by atoms with Gasteiger partial charge >= 0.3 is 5.97 Å². The van der Waals surface area contributed by atoms with Gasteiger partial charge in [-0.05, 0) is 62.1 Å². The Balaban J connectivity index is 1.88. The summed E-state index contributed by atoms with van der Waals surface area (Å²) in [6.45, 7) is 5.18. The first-order valence-electron chi connectivity index (χ1n) is 13.3. The number of carbonyl (C=O) groups is 3. The Kier molecular flexibility index (Phi) is 10.0. The number of amides is 2. The highest BCUT2D eigenvalue weighted by atomic mass is 16.5. The summed E-state index contributed by atoms with van der Waals surface area (Å²) in [5.41, 5.74) is 0.801. The van der Waals surface area contributed by atoms with Crippen LogP contribution in [0, 0.1) is 17.3 Å². The number of piperidine rings is 1. The highest BCUT2D eigenvalue weighted by Crippen LogP contribution is 2.49. The lowest BCUT2D eigenvalue weighted by molar-refractivity contribution is -0.159. The van der Waals surface area contributed by atoms with E-state index in [1.807, 2.05) is 24.3 Å². The molecule has 8 nitrogen and oxygen atoms in total. The summed E-state index contributed by atoms with van der Waals surface area (Å²) in [5.74, 6) is 0.573. The summed E-state index contributed by atoms with van der Waals surface area (Å²) in [5, 5.41) is 2.95. The summed E-state index contributed by atoms with van der Waals surface area (Å²) in [6, 6.07) is 5.70. The molecule has 1 N–H and O–H groups in total. The van der Waals surface area contributed by atoms with Crippen molar-refractivity contribution >= 4 is 17.8 Å². The van der Waals surface area contributed by atoms with Crippen LogP contribution >= 0.6 is 0 Å². The van der Waals surface area contributed by atoms with Gasteiger partial charge in [-0.3, -0.25) is 14.4 Å². The molecule has 1 saturated heterocycles. The Morgan fingerprint density at radius 2 is 1.89 bits per heavy atom. The molecule has 1 aliphatic carbocycles. The zero-order valence-corrected chi connectivity index (χ0v) is 22.9. The molecule has 2 atom stereocenters. The number of likely N-dealkylation sites (tertiary alicyclic amines) is 1. The van der Waals surface area contributed by atoms with Gasteiger partial charge in [-0.15, -0.1) is 0 Å². The second-order valence-electron chi connectivity index (χ2n) is 10.5. The summed E-state index contributed by atoms with van der Waals surface area (Å²) in [6.07, 6.45) is 7.06. The van der Waals surface area contributed by atoms with Crippen LogP contribution in [0.4, 0.5) is 0 Å². The molecule has 2 amide bonds. The molecule has 1 aliphatic heterocycles. The second-order valence-corrected chi connectivity index (χ2v) is 10.5. The lowest BCUT2D eigenvalue weighted by Crippen LogP contribution is -2.53. The topological polar surface area (TPSA) is 94.2 Å². The molecule has 1 aromatic rings. The number of nitrogens with zero attached hydrogens (tertiary/aromatic N) is 1. The average Bonchev–Trinajstić information content (AvgIpc) is 3.11. The number of nitrogens with one attached hydrogen (secondary N) is 1. The van der Waals surface area contributed by atoms with E-state index in [4.69, 9.17) is 14.2 Å². The highest BCUT2D eigenvalue weighted by molar-refractivity contribution is 5.92. The van der Waals surface area contributed by atoms with E-state index in [-0.39, 0.29) is 24.2 Å². The van der Waals surface area contributed by atoms with Crippen LogP contribution in [0.3, 0.4) is 0 Å². The predicted octanol–water partition coefficient (Wildman–Crippen LogP) is 4.26. The number of ether oxygens (including phenoxy) is 3. The Morgan fingerprint density at radius 3 is 2.57 bits per heavy atom. The number of esters is 1. The Bertz CT molecular complexity index is 1000. The van der Waals surface area contributed by atoms with Crippen LogP contribution in [0.15, 0.2) is 30.0 Å². The van der Waals surface area contributed by atoms with Gasteiger partial charge in [0.05, 0.1) is 21.3 Å². The van der Waals surface area contributed by atoms with E-state index in [2.05, 4.69) is 19.2 Å². The number of carbonyl (C=O) groups excluding carboxylic acids is 3. The van der Waals surface area contributed by atoms with Gasteiger partial charge in [0.15, 0.2) is 11.5 Å². The largest absolute Gasteiger partial charge is 0.493 e. The number of fused-ring (bicyclic) bond motifs is 1. The Labute approximate surface area is 220 Å². The molecule has 204 valence electrons. The van der Waals surface area contributed by atoms with E-state index >= 15 is 0 Å². The van der Waals surface area contributed by atoms with Crippen molar-refractivity contribution in [1.29, 1.82) is 0 Å². The van der Waals surface area contributed by atoms with Crippen molar-refractivity contribution in [2.45, 2.75) is 65.2 Å². The molecule has 37 heavy (non-hydrogen) atoms. The third kappa shape index (κ3) is 6.65. The molecule has 1 heterocycles. The van der Waals surface area contributed by atoms with E-state index < -0.39 is 11.3 Å². The van der Waals surface area contributed by atoms with E-state index in [0.29, 0.717) is 49.8 Å². The number of hydrogen-bond acceptors (Lipinski definition) is 6. The minimum atomic E-state index is -0.917. The van der Waals surface area contributed by atoms with E-state index in [9.17, 15) is 14.4 Å². The molecular weight excluding hydrogens is 472 g/mol. The number of benzene rings is 1. The molecule has 0 aromatic heterocycles. The molecule has 0 spiro atoms. The van der Waals surface area contributed by atoms with Crippen LogP contribution < -0.4 is 14.8 Å². The average molecular weight is 515 g/mol. The van der Waals surface area contributed by atoms with Crippen LogP contribution in [-0.4, -0.2) is 57.1 Å². The molecule has 8 heteroatoms. The molecule has 1 aromatic carbocycles. The first kappa shape index (κ1) is 28.5.